The molecule has 106 valence electrons. The molecular formula is C12H20N4O2S. The van der Waals surface area contributed by atoms with Gasteiger partial charge in [-0.1, -0.05) is 6.92 Å². The van der Waals surface area contributed by atoms with Gasteiger partial charge in [0.1, 0.15) is 5.52 Å². The minimum atomic E-state index is 0.600. The fourth-order valence-electron chi connectivity index (χ4n) is 2.13. The van der Waals surface area contributed by atoms with E-state index in [2.05, 4.69) is 17.0 Å². The molecule has 0 saturated carbocycles. The number of hydrogen-bond acceptors (Lipinski definition) is 4. The van der Waals surface area contributed by atoms with Gasteiger partial charge in [-0.25, -0.2) is 0 Å². The first-order valence-corrected chi connectivity index (χ1v) is 6.81. The van der Waals surface area contributed by atoms with Crippen molar-refractivity contribution in [1.82, 2.24) is 19.3 Å². The number of hydrogen-bond donors (Lipinski definition) is 1. The van der Waals surface area contributed by atoms with E-state index in [-0.39, 0.29) is 0 Å². The van der Waals surface area contributed by atoms with Crippen LogP contribution in [0.4, 0.5) is 0 Å². The summed E-state index contributed by atoms with van der Waals surface area (Å²) in [5.41, 5.74) is 3.10. The predicted molar refractivity (Wildman–Crippen MR) is 76.0 cm³/mol. The van der Waals surface area contributed by atoms with Crippen LogP contribution in [-0.4, -0.2) is 46.3 Å². The van der Waals surface area contributed by atoms with Crippen LogP contribution in [0, 0.1) is 4.77 Å². The predicted octanol–water partition coefficient (Wildman–Crippen LogP) is 1.66. The summed E-state index contributed by atoms with van der Waals surface area (Å²) in [5, 5.41) is 4.49. The van der Waals surface area contributed by atoms with Crippen LogP contribution in [0.2, 0.25) is 0 Å². The smallest absolute Gasteiger partial charge is 0.179 e. The summed E-state index contributed by atoms with van der Waals surface area (Å²) in [6.45, 7) is 4.62. The highest BCUT2D eigenvalue weighted by Gasteiger charge is 2.13. The molecule has 2 rings (SSSR count). The third-order valence-corrected chi connectivity index (χ3v) is 3.37. The van der Waals surface area contributed by atoms with Crippen molar-refractivity contribution < 1.29 is 9.47 Å². The minimum absolute atomic E-state index is 0.600. The molecule has 0 radical (unpaired) electrons. The molecule has 0 fully saturated rings. The average molecular weight is 284 g/mol. The third-order valence-electron chi connectivity index (χ3n) is 3.05. The average Bonchev–Trinajstić information content (AvgIpc) is 2.87. The topological polar surface area (TPSA) is 57.0 Å². The quantitative estimate of drug-likeness (QED) is 0.620. The van der Waals surface area contributed by atoms with Gasteiger partial charge in [-0.3, -0.25) is 9.25 Å². The Morgan fingerprint density at radius 1 is 1.32 bits per heavy atom. The van der Waals surface area contributed by atoms with Gasteiger partial charge >= 0.3 is 0 Å². The highest BCUT2D eigenvalue weighted by Crippen LogP contribution is 2.17. The van der Waals surface area contributed by atoms with Crippen molar-refractivity contribution in [2.45, 2.75) is 19.9 Å². The Kier molecular flexibility index (Phi) is 4.73. The molecule has 0 spiro atoms. The molecule has 2 aromatic heterocycles. The largest absolute Gasteiger partial charge is 0.382 e. The molecule has 0 unspecified atom stereocenters. The number of imidazole rings is 1. The molecule has 19 heavy (non-hydrogen) atoms. The first kappa shape index (κ1) is 14.2. The maximum absolute atomic E-state index is 5.49. The number of aromatic nitrogens is 4. The minimum Gasteiger partial charge on any atom is -0.382 e. The summed E-state index contributed by atoms with van der Waals surface area (Å²) in [4.78, 5) is 3.23. The number of nitrogens with zero attached hydrogens (tertiary/aromatic N) is 3. The molecule has 1 N–H and O–H groups in total. The van der Waals surface area contributed by atoms with Crippen molar-refractivity contribution in [3.63, 3.8) is 0 Å². The van der Waals surface area contributed by atoms with E-state index in [1.165, 1.54) is 0 Å². The van der Waals surface area contributed by atoms with Crippen LogP contribution < -0.4 is 0 Å². The first-order valence-electron chi connectivity index (χ1n) is 6.40. The number of fused-ring (bicyclic) bond motifs is 1. The number of H-pyrrole nitrogens is 1. The van der Waals surface area contributed by atoms with Gasteiger partial charge < -0.3 is 14.5 Å². The summed E-state index contributed by atoms with van der Waals surface area (Å²) in [6.07, 6.45) is 0.886. The molecule has 0 atom stereocenters. The Labute approximate surface area is 117 Å². The maximum Gasteiger partial charge on any atom is 0.179 e. The molecular weight excluding hydrogens is 264 g/mol. The summed E-state index contributed by atoms with van der Waals surface area (Å²) < 4.78 is 15.0. The van der Waals surface area contributed by atoms with Crippen LogP contribution in [0.3, 0.4) is 0 Å². The molecule has 0 aliphatic rings. The molecule has 0 aliphatic carbocycles. The van der Waals surface area contributed by atoms with Gasteiger partial charge in [0.2, 0.25) is 0 Å². The fourth-order valence-corrected chi connectivity index (χ4v) is 2.41. The highest BCUT2D eigenvalue weighted by molar-refractivity contribution is 7.71. The second-order valence-corrected chi connectivity index (χ2v) is 4.70. The fraction of sp³-hybridized carbons (Fsp3) is 0.667. The number of aryl methyl sites for hydroxylation is 2. The molecule has 6 nitrogen and oxygen atoms in total. The number of rotatable bonds is 7. The van der Waals surface area contributed by atoms with E-state index in [1.54, 1.807) is 7.11 Å². The molecule has 7 heteroatoms. The van der Waals surface area contributed by atoms with E-state index >= 15 is 0 Å². The highest BCUT2D eigenvalue weighted by atomic mass is 32.1. The van der Waals surface area contributed by atoms with Crippen LogP contribution in [0.15, 0.2) is 0 Å². The van der Waals surface area contributed by atoms with E-state index in [4.69, 9.17) is 21.7 Å². The van der Waals surface area contributed by atoms with Crippen LogP contribution in [0.5, 0.6) is 0 Å². The van der Waals surface area contributed by atoms with E-state index in [0.717, 1.165) is 23.3 Å². The Balaban J connectivity index is 2.16. The molecule has 2 aromatic rings. The van der Waals surface area contributed by atoms with E-state index in [0.29, 0.717) is 31.1 Å². The molecule has 0 amide bonds. The van der Waals surface area contributed by atoms with Crippen LogP contribution in [0.25, 0.3) is 11.2 Å². The van der Waals surface area contributed by atoms with Crippen LogP contribution in [-0.2, 0) is 29.5 Å². The Morgan fingerprint density at radius 3 is 2.79 bits per heavy atom. The standard InChI is InChI=1S/C12H20N4O2S/c1-4-9-10-11(15(2)14-9)16(12(19)13-10)5-6-18-8-7-17-3/h4-8H2,1-3H3,(H,13,19). The Hall–Kier alpha value is -1.18. The van der Waals surface area contributed by atoms with Crippen molar-refractivity contribution in [3.8, 4) is 0 Å². The number of nitrogens with one attached hydrogen (secondary N) is 1. The Morgan fingerprint density at radius 2 is 2.11 bits per heavy atom. The van der Waals surface area contributed by atoms with Crippen LogP contribution >= 0.6 is 12.2 Å². The zero-order valence-corrected chi connectivity index (χ0v) is 12.4. The lowest BCUT2D eigenvalue weighted by molar-refractivity contribution is 0.0667. The van der Waals surface area contributed by atoms with Gasteiger partial charge in [-0.2, -0.15) is 5.10 Å². The van der Waals surface area contributed by atoms with Gasteiger partial charge in [0.15, 0.2) is 10.4 Å². The van der Waals surface area contributed by atoms with Gasteiger partial charge in [-0.15, -0.1) is 0 Å². The number of methoxy groups -OCH3 is 1. The van der Waals surface area contributed by atoms with E-state index in [1.807, 2.05) is 16.3 Å². The van der Waals surface area contributed by atoms with Gasteiger partial charge in [-0.05, 0) is 18.6 Å². The molecule has 2 heterocycles. The van der Waals surface area contributed by atoms with E-state index in [9.17, 15) is 0 Å². The van der Waals surface area contributed by atoms with Crippen molar-refractivity contribution in [2.24, 2.45) is 7.05 Å². The lowest BCUT2D eigenvalue weighted by Crippen LogP contribution is -2.11. The second-order valence-electron chi connectivity index (χ2n) is 4.31. The van der Waals surface area contributed by atoms with Crippen molar-refractivity contribution in [2.75, 3.05) is 26.9 Å². The normalized spacial score (nSPS) is 11.5. The van der Waals surface area contributed by atoms with Crippen molar-refractivity contribution >= 4 is 23.4 Å². The summed E-state index contributed by atoms with van der Waals surface area (Å²) >= 11 is 5.36. The zero-order chi connectivity index (χ0) is 13.8. The zero-order valence-electron chi connectivity index (χ0n) is 11.6. The van der Waals surface area contributed by atoms with Crippen molar-refractivity contribution in [3.05, 3.63) is 10.5 Å². The monoisotopic (exact) mass is 284 g/mol. The summed E-state index contributed by atoms with van der Waals surface area (Å²) in [6, 6.07) is 0. The summed E-state index contributed by atoms with van der Waals surface area (Å²) in [5.74, 6) is 0. The molecule has 0 bridgehead atoms. The second kappa shape index (κ2) is 6.31. The first-order chi connectivity index (χ1) is 9.19. The van der Waals surface area contributed by atoms with Gasteiger partial charge in [0.25, 0.3) is 0 Å². The molecule has 0 aromatic carbocycles. The van der Waals surface area contributed by atoms with Crippen molar-refractivity contribution in [1.29, 1.82) is 0 Å². The van der Waals surface area contributed by atoms with Gasteiger partial charge in [0, 0.05) is 14.2 Å². The number of ether oxygens (including phenoxy) is 2. The molecule has 0 aliphatic heterocycles. The lowest BCUT2D eigenvalue weighted by Gasteiger charge is -2.06. The number of aromatic amines is 1. The SMILES string of the molecule is CCc1nn(C)c2c1[nH]c(=S)n2CCOCCOC. The molecule has 0 saturated heterocycles. The third kappa shape index (κ3) is 2.88. The lowest BCUT2D eigenvalue weighted by atomic mass is 10.3. The van der Waals surface area contributed by atoms with Crippen LogP contribution in [0.1, 0.15) is 12.6 Å². The Bertz CT molecular complexity index is 599. The summed E-state index contributed by atoms with van der Waals surface area (Å²) in [7, 11) is 3.60. The van der Waals surface area contributed by atoms with Gasteiger partial charge in [0.05, 0.1) is 32.1 Å². The van der Waals surface area contributed by atoms with E-state index < -0.39 is 0 Å². The maximum atomic E-state index is 5.49.